The van der Waals surface area contributed by atoms with Gasteiger partial charge in [0.1, 0.15) is 18.6 Å². The zero-order chi connectivity index (χ0) is 10.4. The Labute approximate surface area is 76.9 Å². The van der Waals surface area contributed by atoms with Gasteiger partial charge >= 0.3 is 0 Å². The molecular weight excluding hydrogens is 178 g/mol. The van der Waals surface area contributed by atoms with Crippen molar-refractivity contribution in [2.24, 2.45) is 0 Å². The zero-order valence-corrected chi connectivity index (χ0v) is 7.79. The first kappa shape index (κ1) is 12.8. The van der Waals surface area contributed by atoms with E-state index in [2.05, 4.69) is 0 Å². The molecule has 0 aromatic rings. The van der Waals surface area contributed by atoms with Gasteiger partial charge in [-0.1, -0.05) is 0 Å². The predicted molar refractivity (Wildman–Crippen MR) is 44.2 cm³/mol. The van der Waals surface area contributed by atoms with Crippen LogP contribution in [0.1, 0.15) is 13.8 Å². The van der Waals surface area contributed by atoms with Gasteiger partial charge in [-0.05, 0) is 13.8 Å². The standard InChI is InChI=1S/C7H17NO5/c1-5(10)8(6(2)11)13-4-7(12)3-9/h5-7,9-12H,3-4H2,1-2H3. The molecule has 0 amide bonds. The molecule has 4 N–H and O–H groups in total. The summed E-state index contributed by atoms with van der Waals surface area (Å²) in [5.41, 5.74) is 0. The molecule has 0 aliphatic carbocycles. The number of hydrogen-bond donors (Lipinski definition) is 4. The molecule has 0 bridgehead atoms. The molecule has 0 aliphatic rings. The Hall–Kier alpha value is -0.240. The molecule has 0 spiro atoms. The van der Waals surface area contributed by atoms with Crippen molar-refractivity contribution in [1.29, 1.82) is 0 Å². The van der Waals surface area contributed by atoms with Crippen LogP contribution in [0.3, 0.4) is 0 Å². The maximum Gasteiger partial charge on any atom is 0.130 e. The van der Waals surface area contributed by atoms with Gasteiger partial charge in [0, 0.05) is 0 Å². The van der Waals surface area contributed by atoms with E-state index in [1.165, 1.54) is 13.8 Å². The van der Waals surface area contributed by atoms with Crippen LogP contribution >= 0.6 is 0 Å². The highest BCUT2D eigenvalue weighted by atomic mass is 16.7. The van der Waals surface area contributed by atoms with Crippen LogP contribution in [0.5, 0.6) is 0 Å². The van der Waals surface area contributed by atoms with Crippen molar-refractivity contribution >= 4 is 0 Å². The van der Waals surface area contributed by atoms with E-state index in [1.807, 2.05) is 0 Å². The topological polar surface area (TPSA) is 93.4 Å². The number of hydroxylamine groups is 2. The molecule has 0 rings (SSSR count). The van der Waals surface area contributed by atoms with Crippen molar-refractivity contribution in [2.45, 2.75) is 32.4 Å². The van der Waals surface area contributed by atoms with Crippen molar-refractivity contribution in [3.63, 3.8) is 0 Å². The van der Waals surface area contributed by atoms with Crippen LogP contribution in [0.15, 0.2) is 0 Å². The van der Waals surface area contributed by atoms with E-state index in [4.69, 9.17) is 25.3 Å². The number of nitrogens with zero attached hydrogens (tertiary/aromatic N) is 1. The van der Waals surface area contributed by atoms with E-state index in [0.29, 0.717) is 0 Å². The second-order valence-corrected chi connectivity index (χ2v) is 2.76. The lowest BCUT2D eigenvalue weighted by Gasteiger charge is -2.27. The van der Waals surface area contributed by atoms with Gasteiger partial charge in [0.05, 0.1) is 13.2 Å². The molecule has 3 unspecified atom stereocenters. The van der Waals surface area contributed by atoms with E-state index in [0.717, 1.165) is 5.06 Å². The van der Waals surface area contributed by atoms with E-state index in [9.17, 15) is 0 Å². The van der Waals surface area contributed by atoms with Crippen LogP contribution in [0.2, 0.25) is 0 Å². The summed E-state index contributed by atoms with van der Waals surface area (Å²) in [6.45, 7) is 2.23. The van der Waals surface area contributed by atoms with Gasteiger partial charge in [-0.25, -0.2) is 0 Å². The molecule has 0 aliphatic heterocycles. The molecule has 6 nitrogen and oxygen atoms in total. The maximum atomic E-state index is 9.06. The fourth-order valence-corrected chi connectivity index (χ4v) is 0.753. The largest absolute Gasteiger partial charge is 0.394 e. The average Bonchev–Trinajstić information content (AvgIpc) is 2.03. The summed E-state index contributed by atoms with van der Waals surface area (Å²) in [5, 5.41) is 36.4. The molecule has 80 valence electrons. The quantitative estimate of drug-likeness (QED) is 0.297. The first-order valence-electron chi connectivity index (χ1n) is 4.05. The van der Waals surface area contributed by atoms with E-state index < -0.39 is 25.2 Å². The molecule has 13 heavy (non-hydrogen) atoms. The third-order valence-corrected chi connectivity index (χ3v) is 1.36. The molecule has 0 fully saturated rings. The lowest BCUT2D eigenvalue weighted by Crippen LogP contribution is -2.42. The minimum absolute atomic E-state index is 0.174. The Kier molecular flexibility index (Phi) is 6.13. The van der Waals surface area contributed by atoms with E-state index >= 15 is 0 Å². The zero-order valence-electron chi connectivity index (χ0n) is 7.79. The van der Waals surface area contributed by atoms with Crippen LogP contribution in [0, 0.1) is 0 Å². The minimum Gasteiger partial charge on any atom is -0.394 e. The second kappa shape index (κ2) is 6.25. The Morgan fingerprint density at radius 2 is 1.62 bits per heavy atom. The summed E-state index contributed by atoms with van der Waals surface area (Å²) in [5.74, 6) is 0. The maximum absolute atomic E-state index is 9.06. The van der Waals surface area contributed by atoms with Crippen LogP contribution < -0.4 is 0 Å². The van der Waals surface area contributed by atoms with E-state index in [-0.39, 0.29) is 6.61 Å². The molecule has 0 aromatic heterocycles. The molecule has 0 heterocycles. The van der Waals surface area contributed by atoms with Crippen molar-refractivity contribution < 1.29 is 25.3 Å². The van der Waals surface area contributed by atoms with Gasteiger partial charge in [-0.15, -0.1) is 5.06 Å². The fourth-order valence-electron chi connectivity index (χ4n) is 0.753. The van der Waals surface area contributed by atoms with Crippen molar-refractivity contribution in [3.05, 3.63) is 0 Å². The number of aliphatic hydroxyl groups excluding tert-OH is 4. The highest BCUT2D eigenvalue weighted by Crippen LogP contribution is 2.02. The van der Waals surface area contributed by atoms with Crippen molar-refractivity contribution in [1.82, 2.24) is 5.06 Å². The number of hydrogen-bond acceptors (Lipinski definition) is 6. The summed E-state index contributed by atoms with van der Waals surface area (Å²) < 4.78 is 0. The van der Waals surface area contributed by atoms with Gasteiger partial charge in [0.2, 0.25) is 0 Å². The first-order chi connectivity index (χ1) is 5.99. The highest BCUT2D eigenvalue weighted by molar-refractivity contribution is 4.51. The Morgan fingerprint density at radius 3 is 1.92 bits per heavy atom. The second-order valence-electron chi connectivity index (χ2n) is 2.76. The summed E-state index contributed by atoms with van der Waals surface area (Å²) in [4.78, 5) is 4.84. The minimum atomic E-state index is -1.01. The summed E-state index contributed by atoms with van der Waals surface area (Å²) in [6.07, 6.45) is -2.98. The Morgan fingerprint density at radius 1 is 1.15 bits per heavy atom. The summed E-state index contributed by atoms with van der Waals surface area (Å²) in [6, 6.07) is 0. The highest BCUT2D eigenvalue weighted by Gasteiger charge is 2.18. The van der Waals surface area contributed by atoms with Crippen molar-refractivity contribution in [2.75, 3.05) is 13.2 Å². The van der Waals surface area contributed by atoms with Gasteiger partial charge in [0.15, 0.2) is 0 Å². The fraction of sp³-hybridized carbons (Fsp3) is 1.00. The molecule has 0 saturated heterocycles. The van der Waals surface area contributed by atoms with Gasteiger partial charge in [-0.3, -0.25) is 4.84 Å². The SMILES string of the molecule is CC(O)N(OCC(O)CO)C(C)O. The van der Waals surface area contributed by atoms with Crippen LogP contribution in [0.4, 0.5) is 0 Å². The van der Waals surface area contributed by atoms with Crippen LogP contribution in [0.25, 0.3) is 0 Å². The Balaban J connectivity index is 3.83. The smallest absolute Gasteiger partial charge is 0.130 e. The number of rotatable bonds is 6. The summed E-state index contributed by atoms with van der Waals surface area (Å²) in [7, 11) is 0. The molecule has 0 saturated carbocycles. The van der Waals surface area contributed by atoms with E-state index in [1.54, 1.807) is 0 Å². The number of aliphatic hydroxyl groups is 4. The Bertz CT molecular complexity index is 122. The molecule has 0 aromatic carbocycles. The normalized spacial score (nSPS) is 18.7. The van der Waals surface area contributed by atoms with Gasteiger partial charge < -0.3 is 20.4 Å². The molecule has 0 radical (unpaired) electrons. The average molecular weight is 195 g/mol. The van der Waals surface area contributed by atoms with Gasteiger partial charge in [0.25, 0.3) is 0 Å². The molecule has 6 heteroatoms. The monoisotopic (exact) mass is 195 g/mol. The third kappa shape index (κ3) is 5.14. The van der Waals surface area contributed by atoms with Crippen LogP contribution in [-0.2, 0) is 4.84 Å². The molecule has 3 atom stereocenters. The van der Waals surface area contributed by atoms with Gasteiger partial charge in [-0.2, -0.15) is 0 Å². The molecular formula is C7H17NO5. The lowest BCUT2D eigenvalue weighted by atomic mass is 10.4. The third-order valence-electron chi connectivity index (χ3n) is 1.36. The predicted octanol–water partition coefficient (Wildman–Crippen LogP) is -1.75. The lowest BCUT2D eigenvalue weighted by molar-refractivity contribution is -0.300. The summed E-state index contributed by atoms with van der Waals surface area (Å²) >= 11 is 0. The van der Waals surface area contributed by atoms with Crippen LogP contribution in [-0.4, -0.2) is 57.3 Å². The van der Waals surface area contributed by atoms with Crippen molar-refractivity contribution in [3.8, 4) is 0 Å². The first-order valence-corrected chi connectivity index (χ1v) is 4.05.